The van der Waals surface area contributed by atoms with Gasteiger partial charge in [-0.2, -0.15) is 13.2 Å². The summed E-state index contributed by atoms with van der Waals surface area (Å²) in [6, 6.07) is 5.05. The second-order valence-electron chi connectivity index (χ2n) is 5.27. The van der Waals surface area contributed by atoms with Gasteiger partial charge in [-0.1, -0.05) is 18.2 Å². The Labute approximate surface area is 121 Å². The van der Waals surface area contributed by atoms with E-state index in [0.29, 0.717) is 13.0 Å². The van der Waals surface area contributed by atoms with Crippen LogP contribution in [0.1, 0.15) is 30.9 Å². The Hall–Kier alpha value is -1.56. The molecule has 3 nitrogen and oxygen atoms in total. The molecular weight excluding hydrogens is 283 g/mol. The smallest absolute Gasteiger partial charge is 0.368 e. The van der Waals surface area contributed by atoms with Crippen LogP contribution in [0, 0.1) is 0 Å². The minimum atomic E-state index is -4.38. The van der Waals surface area contributed by atoms with Crippen molar-refractivity contribution >= 4 is 5.91 Å². The summed E-state index contributed by atoms with van der Waals surface area (Å²) in [5.74, 6) is -0.246. The van der Waals surface area contributed by atoms with Gasteiger partial charge in [0.2, 0.25) is 5.91 Å². The first-order valence-electron chi connectivity index (χ1n) is 6.95. The van der Waals surface area contributed by atoms with Crippen LogP contribution in [-0.2, 0) is 22.1 Å². The van der Waals surface area contributed by atoms with Gasteiger partial charge in [0.25, 0.3) is 0 Å². The number of benzene rings is 1. The molecule has 2 rings (SSSR count). The number of carbonyl (C=O) groups excluding carboxylic acids is 1. The molecule has 1 aromatic rings. The SMILES string of the molecule is C[C@@H](Cc1ccccc1C(F)(F)F)NC(=O)[C@H]1CCCO1. The molecule has 21 heavy (non-hydrogen) atoms. The van der Waals surface area contributed by atoms with Crippen molar-refractivity contribution in [3.05, 3.63) is 35.4 Å². The third-order valence-corrected chi connectivity index (χ3v) is 3.46. The molecule has 1 amide bonds. The molecule has 1 N–H and O–H groups in total. The first-order valence-corrected chi connectivity index (χ1v) is 6.95. The molecular formula is C15H18F3NO2. The first-order chi connectivity index (χ1) is 9.88. The lowest BCUT2D eigenvalue weighted by molar-refractivity contribution is -0.138. The molecule has 0 aliphatic carbocycles. The van der Waals surface area contributed by atoms with Crippen molar-refractivity contribution in [2.24, 2.45) is 0 Å². The number of hydrogen-bond acceptors (Lipinski definition) is 2. The quantitative estimate of drug-likeness (QED) is 0.928. The van der Waals surface area contributed by atoms with Gasteiger partial charge in [0.15, 0.2) is 0 Å². The zero-order valence-corrected chi connectivity index (χ0v) is 11.7. The molecule has 2 atom stereocenters. The molecule has 6 heteroatoms. The Bertz CT molecular complexity index is 496. The summed E-state index contributed by atoms with van der Waals surface area (Å²) in [5, 5.41) is 2.72. The fraction of sp³-hybridized carbons (Fsp3) is 0.533. The van der Waals surface area contributed by atoms with Crippen LogP contribution in [0.15, 0.2) is 24.3 Å². The number of amides is 1. The molecule has 0 bridgehead atoms. The van der Waals surface area contributed by atoms with E-state index in [1.54, 1.807) is 13.0 Å². The Morgan fingerprint density at radius 1 is 1.43 bits per heavy atom. The highest BCUT2D eigenvalue weighted by atomic mass is 19.4. The number of nitrogens with one attached hydrogen (secondary N) is 1. The van der Waals surface area contributed by atoms with E-state index in [-0.39, 0.29) is 23.9 Å². The van der Waals surface area contributed by atoms with Crippen LogP contribution in [0.25, 0.3) is 0 Å². The molecule has 0 unspecified atom stereocenters. The fourth-order valence-corrected chi connectivity index (χ4v) is 2.48. The lowest BCUT2D eigenvalue weighted by Gasteiger charge is -2.19. The van der Waals surface area contributed by atoms with E-state index in [9.17, 15) is 18.0 Å². The Morgan fingerprint density at radius 2 is 2.14 bits per heavy atom. The minimum Gasteiger partial charge on any atom is -0.368 e. The van der Waals surface area contributed by atoms with Crippen LogP contribution < -0.4 is 5.32 Å². The molecule has 1 fully saturated rings. The third kappa shape index (κ3) is 4.20. The standard InChI is InChI=1S/C15H18F3NO2/c1-10(19-14(20)13-7-4-8-21-13)9-11-5-2-3-6-12(11)15(16,17)18/h2-3,5-6,10,13H,4,7-9H2,1H3,(H,19,20)/t10-,13+/m0/s1. The van der Waals surface area contributed by atoms with E-state index in [1.807, 2.05) is 0 Å². The normalized spacial score (nSPS) is 20.3. The molecule has 0 radical (unpaired) electrons. The molecule has 1 aliphatic rings. The number of hydrogen-bond donors (Lipinski definition) is 1. The van der Waals surface area contributed by atoms with Gasteiger partial charge in [-0.15, -0.1) is 0 Å². The van der Waals surface area contributed by atoms with Crippen molar-refractivity contribution in [2.75, 3.05) is 6.61 Å². The van der Waals surface area contributed by atoms with E-state index in [0.717, 1.165) is 12.5 Å². The van der Waals surface area contributed by atoms with E-state index in [4.69, 9.17) is 4.74 Å². The van der Waals surface area contributed by atoms with Crippen molar-refractivity contribution in [3.63, 3.8) is 0 Å². The molecule has 0 saturated carbocycles. The van der Waals surface area contributed by atoms with Crippen molar-refractivity contribution < 1.29 is 22.7 Å². The predicted molar refractivity (Wildman–Crippen MR) is 71.7 cm³/mol. The summed E-state index contributed by atoms with van der Waals surface area (Å²) in [7, 11) is 0. The molecule has 1 saturated heterocycles. The second-order valence-corrected chi connectivity index (χ2v) is 5.27. The third-order valence-electron chi connectivity index (χ3n) is 3.46. The maximum absolute atomic E-state index is 12.9. The van der Waals surface area contributed by atoms with Crippen molar-refractivity contribution in [1.82, 2.24) is 5.32 Å². The van der Waals surface area contributed by atoms with Crippen molar-refractivity contribution in [1.29, 1.82) is 0 Å². The summed E-state index contributed by atoms with van der Waals surface area (Å²) in [4.78, 5) is 11.9. The van der Waals surface area contributed by atoms with Gasteiger partial charge in [0.1, 0.15) is 6.10 Å². The van der Waals surface area contributed by atoms with E-state index >= 15 is 0 Å². The van der Waals surface area contributed by atoms with Crippen molar-refractivity contribution in [3.8, 4) is 0 Å². The van der Waals surface area contributed by atoms with Crippen LogP contribution in [-0.4, -0.2) is 24.7 Å². The summed E-state index contributed by atoms with van der Waals surface area (Å²) >= 11 is 0. The van der Waals surface area contributed by atoms with Crippen LogP contribution in [0.4, 0.5) is 13.2 Å². The van der Waals surface area contributed by atoms with Crippen LogP contribution in [0.5, 0.6) is 0 Å². The van der Waals surface area contributed by atoms with Crippen LogP contribution >= 0.6 is 0 Å². The van der Waals surface area contributed by atoms with Crippen LogP contribution in [0.3, 0.4) is 0 Å². The molecule has 1 aromatic carbocycles. The Morgan fingerprint density at radius 3 is 2.76 bits per heavy atom. The van der Waals surface area contributed by atoms with Gasteiger partial charge in [-0.25, -0.2) is 0 Å². The molecule has 0 spiro atoms. The van der Waals surface area contributed by atoms with Gasteiger partial charge < -0.3 is 10.1 Å². The topological polar surface area (TPSA) is 38.3 Å². The lowest BCUT2D eigenvalue weighted by atomic mass is 10.0. The molecule has 116 valence electrons. The maximum atomic E-state index is 12.9. The van der Waals surface area contributed by atoms with Gasteiger partial charge >= 0.3 is 6.18 Å². The fourth-order valence-electron chi connectivity index (χ4n) is 2.48. The first kappa shape index (κ1) is 15.8. The van der Waals surface area contributed by atoms with E-state index in [1.165, 1.54) is 12.1 Å². The summed E-state index contributed by atoms with van der Waals surface area (Å²) in [5.41, 5.74) is -0.464. The maximum Gasteiger partial charge on any atom is 0.416 e. The Kier molecular flexibility index (Phi) is 4.88. The minimum absolute atomic E-state index is 0.133. The van der Waals surface area contributed by atoms with Gasteiger partial charge in [-0.05, 0) is 37.8 Å². The highest BCUT2D eigenvalue weighted by molar-refractivity contribution is 5.81. The van der Waals surface area contributed by atoms with E-state index < -0.39 is 17.8 Å². The van der Waals surface area contributed by atoms with Gasteiger partial charge in [0.05, 0.1) is 5.56 Å². The summed E-state index contributed by atoms with van der Waals surface area (Å²) in [6.45, 7) is 2.25. The lowest BCUT2D eigenvalue weighted by Crippen LogP contribution is -2.40. The number of halogens is 3. The molecule has 0 aromatic heterocycles. The van der Waals surface area contributed by atoms with Gasteiger partial charge in [-0.3, -0.25) is 4.79 Å². The molecule has 1 aliphatic heterocycles. The number of ether oxygens (including phenoxy) is 1. The number of carbonyl (C=O) groups is 1. The molecule has 1 heterocycles. The number of alkyl halides is 3. The monoisotopic (exact) mass is 301 g/mol. The summed E-state index contributed by atoms with van der Waals surface area (Å²) in [6.07, 6.45) is -3.21. The zero-order chi connectivity index (χ0) is 15.5. The Balaban J connectivity index is 1.99. The zero-order valence-electron chi connectivity index (χ0n) is 11.7. The average Bonchev–Trinajstić information content (AvgIpc) is 2.91. The second kappa shape index (κ2) is 6.47. The van der Waals surface area contributed by atoms with E-state index in [2.05, 4.69) is 5.32 Å². The highest BCUT2D eigenvalue weighted by Gasteiger charge is 2.33. The summed E-state index contributed by atoms with van der Waals surface area (Å²) < 4.78 is 44.0. The van der Waals surface area contributed by atoms with Crippen LogP contribution in [0.2, 0.25) is 0 Å². The predicted octanol–water partition coefficient (Wildman–Crippen LogP) is 2.93. The average molecular weight is 301 g/mol. The number of rotatable bonds is 4. The largest absolute Gasteiger partial charge is 0.416 e. The highest BCUT2D eigenvalue weighted by Crippen LogP contribution is 2.32. The van der Waals surface area contributed by atoms with Gasteiger partial charge in [0, 0.05) is 12.6 Å². The van der Waals surface area contributed by atoms with Crippen molar-refractivity contribution in [2.45, 2.75) is 44.5 Å².